The minimum Gasteiger partial charge on any atom is -0.497 e. The van der Waals surface area contributed by atoms with Crippen LogP contribution < -0.4 is 4.74 Å². The molecule has 23 heavy (non-hydrogen) atoms. The molecule has 0 saturated heterocycles. The maximum absolute atomic E-state index is 5.23. The van der Waals surface area contributed by atoms with Crippen LogP contribution in [0.25, 0.3) is 0 Å². The average Bonchev–Trinajstić information content (AvgIpc) is 3.37. The highest BCUT2D eigenvalue weighted by molar-refractivity contribution is 5.29. The first-order chi connectivity index (χ1) is 11.3. The second-order valence-corrected chi connectivity index (χ2v) is 6.92. The lowest BCUT2D eigenvalue weighted by Crippen LogP contribution is -2.16. The summed E-state index contributed by atoms with van der Waals surface area (Å²) in [5.41, 5.74) is 1.24. The Morgan fingerprint density at radius 2 is 1.78 bits per heavy atom. The molecular formula is C19H25N3O. The summed E-state index contributed by atoms with van der Waals surface area (Å²) in [6.07, 6.45) is 9.97. The molecule has 0 atom stereocenters. The van der Waals surface area contributed by atoms with Gasteiger partial charge in [-0.25, -0.2) is 9.67 Å². The molecule has 2 fully saturated rings. The molecule has 0 amide bonds. The Kier molecular flexibility index (Phi) is 4.06. The zero-order chi connectivity index (χ0) is 15.6. The standard InChI is InChI=1S/C19H25N3O/c1-23-17-11-7-14(8-12-17)13-18-20-19(15-9-10-15)22(21-18)16-5-3-2-4-6-16/h7-8,11-12,15-16H,2-6,9-10,13H2,1H3. The summed E-state index contributed by atoms with van der Waals surface area (Å²) in [6, 6.07) is 8.81. The van der Waals surface area contributed by atoms with Crippen LogP contribution >= 0.6 is 0 Å². The Balaban J connectivity index is 1.56. The molecule has 0 aliphatic heterocycles. The van der Waals surface area contributed by atoms with Crippen LogP contribution in [0.3, 0.4) is 0 Å². The molecule has 1 heterocycles. The first kappa shape index (κ1) is 14.7. The summed E-state index contributed by atoms with van der Waals surface area (Å²) in [7, 11) is 1.70. The zero-order valence-corrected chi connectivity index (χ0v) is 13.9. The third-order valence-electron chi connectivity index (χ3n) is 5.09. The van der Waals surface area contributed by atoms with Gasteiger partial charge in [0.05, 0.1) is 13.2 Å². The van der Waals surface area contributed by atoms with E-state index < -0.39 is 0 Å². The molecule has 2 aromatic rings. The molecule has 0 spiro atoms. The second-order valence-electron chi connectivity index (χ2n) is 6.92. The Morgan fingerprint density at radius 1 is 1.04 bits per heavy atom. The maximum Gasteiger partial charge on any atom is 0.155 e. The number of nitrogens with zero attached hydrogens (tertiary/aromatic N) is 3. The molecule has 1 aromatic heterocycles. The van der Waals surface area contributed by atoms with Crippen molar-refractivity contribution in [3.63, 3.8) is 0 Å². The molecule has 2 aliphatic rings. The van der Waals surface area contributed by atoms with Crippen molar-refractivity contribution in [2.24, 2.45) is 0 Å². The van der Waals surface area contributed by atoms with Crippen molar-refractivity contribution in [3.05, 3.63) is 41.5 Å². The van der Waals surface area contributed by atoms with Crippen LogP contribution in [0.15, 0.2) is 24.3 Å². The zero-order valence-electron chi connectivity index (χ0n) is 13.9. The van der Waals surface area contributed by atoms with E-state index in [1.165, 1.54) is 56.3 Å². The fourth-order valence-corrected chi connectivity index (χ4v) is 3.60. The van der Waals surface area contributed by atoms with Gasteiger partial charge >= 0.3 is 0 Å². The Hall–Kier alpha value is -1.84. The van der Waals surface area contributed by atoms with Crippen LogP contribution in [0.2, 0.25) is 0 Å². The van der Waals surface area contributed by atoms with E-state index in [2.05, 4.69) is 16.8 Å². The summed E-state index contributed by atoms with van der Waals surface area (Å²) in [5, 5.41) is 4.91. The predicted molar refractivity (Wildman–Crippen MR) is 89.9 cm³/mol. The van der Waals surface area contributed by atoms with Gasteiger partial charge in [0, 0.05) is 12.3 Å². The topological polar surface area (TPSA) is 39.9 Å². The van der Waals surface area contributed by atoms with Crippen LogP contribution in [0.1, 0.15) is 74.1 Å². The molecule has 4 nitrogen and oxygen atoms in total. The van der Waals surface area contributed by atoms with Crippen molar-refractivity contribution >= 4 is 0 Å². The number of hydrogen-bond acceptors (Lipinski definition) is 3. The number of hydrogen-bond donors (Lipinski definition) is 0. The highest BCUT2D eigenvalue weighted by Crippen LogP contribution is 2.41. The van der Waals surface area contributed by atoms with Crippen LogP contribution in [-0.2, 0) is 6.42 Å². The predicted octanol–water partition coefficient (Wildman–Crippen LogP) is 4.26. The molecular weight excluding hydrogens is 286 g/mol. The van der Waals surface area contributed by atoms with Crippen LogP contribution in [0.4, 0.5) is 0 Å². The van der Waals surface area contributed by atoms with Crippen molar-refractivity contribution in [1.29, 1.82) is 0 Å². The van der Waals surface area contributed by atoms with E-state index in [0.29, 0.717) is 12.0 Å². The molecule has 0 N–H and O–H groups in total. The second kappa shape index (κ2) is 6.34. The number of ether oxygens (including phenoxy) is 1. The van der Waals surface area contributed by atoms with Gasteiger partial charge in [-0.15, -0.1) is 0 Å². The van der Waals surface area contributed by atoms with E-state index in [-0.39, 0.29) is 0 Å². The van der Waals surface area contributed by atoms with E-state index in [4.69, 9.17) is 14.8 Å². The fraction of sp³-hybridized carbons (Fsp3) is 0.579. The average molecular weight is 311 g/mol. The van der Waals surface area contributed by atoms with Gasteiger partial charge in [0.1, 0.15) is 11.6 Å². The summed E-state index contributed by atoms with van der Waals surface area (Å²) < 4.78 is 7.51. The lowest BCUT2D eigenvalue weighted by atomic mass is 9.95. The number of rotatable bonds is 5. The first-order valence-corrected chi connectivity index (χ1v) is 8.92. The lowest BCUT2D eigenvalue weighted by Gasteiger charge is -2.23. The van der Waals surface area contributed by atoms with Gasteiger partial charge in [0.25, 0.3) is 0 Å². The van der Waals surface area contributed by atoms with E-state index in [1.54, 1.807) is 7.11 Å². The fourth-order valence-electron chi connectivity index (χ4n) is 3.60. The van der Waals surface area contributed by atoms with Gasteiger partial charge in [0.2, 0.25) is 0 Å². The first-order valence-electron chi connectivity index (χ1n) is 8.92. The minimum absolute atomic E-state index is 0.580. The summed E-state index contributed by atoms with van der Waals surface area (Å²) in [5.74, 6) is 3.78. The van der Waals surface area contributed by atoms with Gasteiger partial charge in [-0.05, 0) is 43.4 Å². The SMILES string of the molecule is COc1ccc(Cc2nc(C3CC3)n(C3CCCCC3)n2)cc1. The summed E-state index contributed by atoms with van der Waals surface area (Å²) in [6.45, 7) is 0. The van der Waals surface area contributed by atoms with E-state index in [9.17, 15) is 0 Å². The Morgan fingerprint density at radius 3 is 2.43 bits per heavy atom. The van der Waals surface area contributed by atoms with Crippen LogP contribution in [0.5, 0.6) is 5.75 Å². The smallest absolute Gasteiger partial charge is 0.155 e. The van der Waals surface area contributed by atoms with Gasteiger partial charge in [-0.1, -0.05) is 31.4 Å². The summed E-state index contributed by atoms with van der Waals surface area (Å²) >= 11 is 0. The molecule has 4 heteroatoms. The molecule has 2 saturated carbocycles. The third-order valence-corrected chi connectivity index (χ3v) is 5.09. The highest BCUT2D eigenvalue weighted by Gasteiger charge is 2.32. The highest BCUT2D eigenvalue weighted by atomic mass is 16.5. The number of methoxy groups -OCH3 is 1. The van der Waals surface area contributed by atoms with E-state index in [0.717, 1.165) is 18.0 Å². The molecule has 4 rings (SSSR count). The maximum atomic E-state index is 5.23. The lowest BCUT2D eigenvalue weighted by molar-refractivity contribution is 0.320. The van der Waals surface area contributed by atoms with Gasteiger partial charge in [-0.3, -0.25) is 0 Å². The molecule has 0 unspecified atom stereocenters. The van der Waals surface area contributed by atoms with Crippen molar-refractivity contribution in [2.75, 3.05) is 7.11 Å². The van der Waals surface area contributed by atoms with Gasteiger partial charge < -0.3 is 4.74 Å². The van der Waals surface area contributed by atoms with E-state index in [1.807, 2.05) is 12.1 Å². The summed E-state index contributed by atoms with van der Waals surface area (Å²) in [4.78, 5) is 4.91. The normalized spacial score (nSPS) is 19.0. The van der Waals surface area contributed by atoms with Crippen molar-refractivity contribution in [2.45, 2.75) is 63.3 Å². The Labute approximate surface area is 137 Å². The molecule has 1 aromatic carbocycles. The number of aromatic nitrogens is 3. The molecule has 2 aliphatic carbocycles. The van der Waals surface area contributed by atoms with Crippen molar-refractivity contribution in [1.82, 2.24) is 14.8 Å². The largest absolute Gasteiger partial charge is 0.497 e. The van der Waals surface area contributed by atoms with Crippen molar-refractivity contribution in [3.8, 4) is 5.75 Å². The molecule has 0 radical (unpaired) electrons. The Bertz CT molecular complexity index is 652. The minimum atomic E-state index is 0.580. The van der Waals surface area contributed by atoms with Crippen molar-refractivity contribution < 1.29 is 4.74 Å². The van der Waals surface area contributed by atoms with Gasteiger partial charge in [0.15, 0.2) is 5.82 Å². The third kappa shape index (κ3) is 3.26. The van der Waals surface area contributed by atoms with E-state index >= 15 is 0 Å². The molecule has 0 bridgehead atoms. The van der Waals surface area contributed by atoms with Crippen LogP contribution in [0, 0.1) is 0 Å². The number of benzene rings is 1. The molecule has 122 valence electrons. The monoisotopic (exact) mass is 311 g/mol. The van der Waals surface area contributed by atoms with Crippen LogP contribution in [-0.4, -0.2) is 21.9 Å². The van der Waals surface area contributed by atoms with Gasteiger partial charge in [-0.2, -0.15) is 5.10 Å². The quantitative estimate of drug-likeness (QED) is 0.828.